The van der Waals surface area contributed by atoms with Crippen LogP contribution in [0.5, 0.6) is 0 Å². The van der Waals surface area contributed by atoms with Gasteiger partial charge < -0.3 is 4.74 Å². The molecule has 0 amide bonds. The average Bonchev–Trinajstić information content (AvgIpc) is 2.81. The summed E-state index contributed by atoms with van der Waals surface area (Å²) in [5.74, 6) is 5.58. The maximum Gasteiger partial charge on any atom is 0.110 e. The highest BCUT2D eigenvalue weighted by Gasteiger charge is 2.84. The topological polar surface area (TPSA) is 9.23 Å². The van der Waals surface area contributed by atoms with E-state index < -0.39 is 0 Å². The van der Waals surface area contributed by atoms with Crippen molar-refractivity contribution < 1.29 is 4.74 Å². The minimum Gasteiger partial charge on any atom is -0.366 e. The molecule has 6 bridgehead atoms. The number of hydrogen-bond donors (Lipinski definition) is 0. The minimum absolute atomic E-state index is 0.0722. The first-order valence-electron chi connectivity index (χ1n) is 8.03. The normalized spacial score (nSPS) is 53.9. The first-order chi connectivity index (χ1) is 9.66. The summed E-state index contributed by atoms with van der Waals surface area (Å²) in [7, 11) is 0. The number of halogens is 1. The number of ether oxygens (including phenoxy) is 1. The van der Waals surface area contributed by atoms with Crippen LogP contribution in [-0.2, 0) is 10.3 Å². The molecule has 0 saturated heterocycles. The van der Waals surface area contributed by atoms with Crippen LogP contribution in [-0.4, -0.2) is 10.9 Å². The summed E-state index contributed by atoms with van der Waals surface area (Å²) < 4.78 is 6.68. The van der Waals surface area contributed by atoms with Crippen LogP contribution in [0.2, 0.25) is 0 Å². The van der Waals surface area contributed by atoms with Crippen molar-refractivity contribution >= 4 is 15.9 Å². The zero-order valence-corrected chi connectivity index (χ0v) is 13.6. The molecule has 6 unspecified atom stereocenters. The standard InChI is InChI=1S/C18H21BrO/c1-9(2)20-18(10-6-4-3-5-7-10)16-12-8-11-13(14(11)16)15(12)17(18)19/h3-7,9,11-17H,8H2,1-2H3/t11?,12?,13?,14?,15?,16?,17-,18+/m0/s1. The molecule has 0 N–H and O–H groups in total. The molecule has 5 fully saturated rings. The van der Waals surface area contributed by atoms with Gasteiger partial charge in [0, 0.05) is 0 Å². The van der Waals surface area contributed by atoms with E-state index in [4.69, 9.17) is 4.74 Å². The van der Waals surface area contributed by atoms with Gasteiger partial charge in [-0.15, -0.1) is 0 Å². The first-order valence-corrected chi connectivity index (χ1v) is 8.95. The van der Waals surface area contributed by atoms with Gasteiger partial charge >= 0.3 is 0 Å². The Morgan fingerprint density at radius 1 is 1.10 bits per heavy atom. The zero-order valence-electron chi connectivity index (χ0n) is 12.0. The summed E-state index contributed by atoms with van der Waals surface area (Å²) >= 11 is 4.09. The number of benzene rings is 1. The van der Waals surface area contributed by atoms with Gasteiger partial charge in [0.2, 0.25) is 0 Å². The summed E-state index contributed by atoms with van der Waals surface area (Å²) in [4.78, 5) is 0.503. The number of rotatable bonds is 3. The number of alkyl halides is 1. The summed E-state index contributed by atoms with van der Waals surface area (Å²) in [6, 6.07) is 11.0. The fourth-order valence-electron chi connectivity index (χ4n) is 6.36. The Balaban J connectivity index is 1.67. The highest BCUT2D eigenvalue weighted by Crippen LogP contribution is 2.85. The molecule has 0 aliphatic heterocycles. The van der Waals surface area contributed by atoms with Crippen molar-refractivity contribution in [3.8, 4) is 0 Å². The molecule has 0 heterocycles. The minimum atomic E-state index is -0.0722. The maximum atomic E-state index is 6.68. The first kappa shape index (κ1) is 12.2. The van der Waals surface area contributed by atoms with E-state index >= 15 is 0 Å². The second kappa shape index (κ2) is 3.70. The molecule has 6 rings (SSSR count). The Morgan fingerprint density at radius 3 is 2.45 bits per heavy atom. The Hall–Kier alpha value is -0.340. The predicted molar refractivity (Wildman–Crippen MR) is 82.6 cm³/mol. The molecule has 8 atom stereocenters. The Labute approximate surface area is 129 Å². The van der Waals surface area contributed by atoms with Crippen LogP contribution in [0.3, 0.4) is 0 Å². The molecule has 1 nitrogen and oxygen atoms in total. The second-order valence-electron chi connectivity index (χ2n) is 7.55. The van der Waals surface area contributed by atoms with Gasteiger partial charge in [0.05, 0.1) is 10.9 Å². The smallest absolute Gasteiger partial charge is 0.110 e. The van der Waals surface area contributed by atoms with Crippen LogP contribution in [0.4, 0.5) is 0 Å². The third-order valence-corrected chi connectivity index (χ3v) is 7.84. The predicted octanol–water partition coefficient (Wildman–Crippen LogP) is 4.21. The quantitative estimate of drug-likeness (QED) is 0.753. The third-order valence-electron chi connectivity index (χ3n) is 6.55. The molecule has 20 heavy (non-hydrogen) atoms. The van der Waals surface area contributed by atoms with E-state index in [-0.39, 0.29) is 11.7 Å². The zero-order chi connectivity index (χ0) is 13.6. The number of hydrogen-bond acceptors (Lipinski definition) is 1. The lowest BCUT2D eigenvalue weighted by Gasteiger charge is -2.43. The highest BCUT2D eigenvalue weighted by molar-refractivity contribution is 9.09. The van der Waals surface area contributed by atoms with Crippen molar-refractivity contribution in [2.24, 2.45) is 35.5 Å². The van der Waals surface area contributed by atoms with E-state index in [1.165, 1.54) is 12.0 Å². The lowest BCUT2D eigenvalue weighted by Crippen LogP contribution is -2.46. The van der Waals surface area contributed by atoms with Gasteiger partial charge in [-0.05, 0) is 61.3 Å². The molecule has 2 heteroatoms. The monoisotopic (exact) mass is 332 g/mol. The van der Waals surface area contributed by atoms with E-state index in [1.807, 2.05) is 0 Å². The van der Waals surface area contributed by atoms with Gasteiger partial charge in [-0.2, -0.15) is 0 Å². The van der Waals surface area contributed by atoms with Crippen LogP contribution >= 0.6 is 15.9 Å². The Kier molecular flexibility index (Phi) is 2.26. The van der Waals surface area contributed by atoms with Crippen molar-refractivity contribution in [1.82, 2.24) is 0 Å². The summed E-state index contributed by atoms with van der Waals surface area (Å²) in [6.07, 6.45) is 1.76. The molecular weight excluding hydrogens is 312 g/mol. The molecule has 5 saturated carbocycles. The van der Waals surface area contributed by atoms with Crippen molar-refractivity contribution in [3.05, 3.63) is 35.9 Å². The van der Waals surface area contributed by atoms with Crippen LogP contribution in [0.1, 0.15) is 25.8 Å². The molecule has 1 aromatic carbocycles. The highest BCUT2D eigenvalue weighted by atomic mass is 79.9. The molecule has 0 aromatic heterocycles. The van der Waals surface area contributed by atoms with Gasteiger partial charge in [0.15, 0.2) is 0 Å². The summed E-state index contributed by atoms with van der Waals surface area (Å²) in [6.45, 7) is 4.37. The molecule has 0 spiro atoms. The SMILES string of the molecule is CC(C)O[C@]1(c2ccccc2)C2C3CC4C(C42)C3[C@@H]1Br. The molecule has 1 aromatic rings. The fraction of sp³-hybridized carbons (Fsp3) is 0.667. The average molecular weight is 333 g/mol. The van der Waals surface area contributed by atoms with Crippen LogP contribution in [0.25, 0.3) is 0 Å². The maximum absolute atomic E-state index is 6.68. The van der Waals surface area contributed by atoms with Crippen molar-refractivity contribution in [1.29, 1.82) is 0 Å². The van der Waals surface area contributed by atoms with Gasteiger partial charge in [-0.25, -0.2) is 0 Å². The van der Waals surface area contributed by atoms with Crippen molar-refractivity contribution in [2.45, 2.75) is 36.8 Å². The van der Waals surface area contributed by atoms with Gasteiger partial charge in [0.1, 0.15) is 5.60 Å². The van der Waals surface area contributed by atoms with Crippen LogP contribution in [0, 0.1) is 35.5 Å². The lowest BCUT2D eigenvalue weighted by molar-refractivity contribution is -0.119. The van der Waals surface area contributed by atoms with Gasteiger partial charge in [-0.1, -0.05) is 46.3 Å². The van der Waals surface area contributed by atoms with Crippen molar-refractivity contribution in [2.75, 3.05) is 0 Å². The molecule has 0 radical (unpaired) electrons. The Bertz CT molecular complexity index is 556. The molecule has 5 aliphatic carbocycles. The summed E-state index contributed by atoms with van der Waals surface area (Å²) in [5, 5.41) is 0. The van der Waals surface area contributed by atoms with Crippen LogP contribution in [0.15, 0.2) is 30.3 Å². The van der Waals surface area contributed by atoms with Crippen LogP contribution < -0.4 is 0 Å². The van der Waals surface area contributed by atoms with Gasteiger partial charge in [-0.3, -0.25) is 0 Å². The van der Waals surface area contributed by atoms with E-state index in [0.717, 1.165) is 35.5 Å². The molecule has 5 aliphatic rings. The second-order valence-corrected chi connectivity index (χ2v) is 8.54. The molecule has 106 valence electrons. The third kappa shape index (κ3) is 1.17. The fourth-order valence-corrected chi connectivity index (χ4v) is 7.78. The molecular formula is C18H21BrO. The van der Waals surface area contributed by atoms with Gasteiger partial charge in [0.25, 0.3) is 0 Å². The largest absolute Gasteiger partial charge is 0.366 e. The van der Waals surface area contributed by atoms with E-state index in [9.17, 15) is 0 Å². The summed E-state index contributed by atoms with van der Waals surface area (Å²) in [5.41, 5.74) is 1.33. The Morgan fingerprint density at radius 2 is 1.85 bits per heavy atom. The lowest BCUT2D eigenvalue weighted by atomic mass is 9.77. The van der Waals surface area contributed by atoms with E-state index in [2.05, 4.69) is 60.1 Å². The van der Waals surface area contributed by atoms with E-state index in [1.54, 1.807) is 0 Å². The van der Waals surface area contributed by atoms with Crippen molar-refractivity contribution in [3.63, 3.8) is 0 Å². The van der Waals surface area contributed by atoms with E-state index in [0.29, 0.717) is 4.83 Å².